The Bertz CT molecular complexity index is 273. The summed E-state index contributed by atoms with van der Waals surface area (Å²) in [5.74, 6) is 0.232. The van der Waals surface area contributed by atoms with Gasteiger partial charge in [-0.15, -0.1) is 0 Å². The van der Waals surface area contributed by atoms with Crippen LogP contribution in [0.25, 0.3) is 0 Å². The fourth-order valence-corrected chi connectivity index (χ4v) is 2.33. The molecular weight excluding hydrogens is 216 g/mol. The predicted octanol–water partition coefficient (Wildman–Crippen LogP) is 1.28. The second-order valence-electron chi connectivity index (χ2n) is 4.78. The molecule has 0 saturated carbocycles. The maximum atomic E-state index is 11.8. The molecule has 0 radical (unpaired) electrons. The molecule has 0 aliphatic carbocycles. The second kappa shape index (κ2) is 6.64. The zero-order chi connectivity index (χ0) is 11.9. The highest BCUT2D eigenvalue weighted by atomic mass is 16.5. The van der Waals surface area contributed by atoms with Crippen LogP contribution in [0.15, 0.2) is 12.3 Å². The average molecular weight is 238 g/mol. The first-order valence-electron chi connectivity index (χ1n) is 6.65. The minimum atomic E-state index is 0.231. The number of hydrogen-bond donors (Lipinski definition) is 1. The molecule has 0 aromatic heterocycles. The van der Waals surface area contributed by atoms with Gasteiger partial charge in [0.15, 0.2) is 0 Å². The highest BCUT2D eigenvalue weighted by Gasteiger charge is 2.17. The van der Waals surface area contributed by atoms with Crippen molar-refractivity contribution >= 4 is 5.91 Å². The van der Waals surface area contributed by atoms with Gasteiger partial charge in [-0.3, -0.25) is 4.79 Å². The van der Waals surface area contributed by atoms with E-state index < -0.39 is 0 Å². The summed E-state index contributed by atoms with van der Waals surface area (Å²) in [5, 5.41) is 3.20. The van der Waals surface area contributed by atoms with E-state index in [0.29, 0.717) is 6.54 Å². The maximum absolute atomic E-state index is 11.8. The van der Waals surface area contributed by atoms with Crippen molar-refractivity contribution < 1.29 is 9.53 Å². The van der Waals surface area contributed by atoms with Crippen LogP contribution in [-0.2, 0) is 9.53 Å². The van der Waals surface area contributed by atoms with E-state index in [1.807, 2.05) is 11.0 Å². The van der Waals surface area contributed by atoms with E-state index in [4.69, 9.17) is 4.74 Å². The standard InChI is InChI=1S/C13H22N2O2/c16-13(15-7-3-1-4-8-15)11-14-10-12-6-2-5-9-17-12/h5,9,12,14H,1-4,6-8,10-11H2. The third-order valence-electron chi connectivity index (χ3n) is 3.38. The minimum absolute atomic E-state index is 0.231. The Morgan fingerprint density at radius 1 is 1.35 bits per heavy atom. The molecule has 1 fully saturated rings. The first-order chi connectivity index (χ1) is 8.36. The van der Waals surface area contributed by atoms with Gasteiger partial charge < -0.3 is 15.0 Å². The Kier molecular flexibility index (Phi) is 4.86. The first-order valence-corrected chi connectivity index (χ1v) is 6.65. The molecule has 0 aromatic carbocycles. The maximum Gasteiger partial charge on any atom is 0.236 e. The zero-order valence-corrected chi connectivity index (χ0v) is 10.4. The lowest BCUT2D eigenvalue weighted by Crippen LogP contribution is -2.42. The first kappa shape index (κ1) is 12.4. The summed E-state index contributed by atoms with van der Waals surface area (Å²) in [6.07, 6.45) is 9.73. The molecule has 4 nitrogen and oxygen atoms in total. The molecule has 17 heavy (non-hydrogen) atoms. The van der Waals surface area contributed by atoms with Crippen LogP contribution in [0.4, 0.5) is 0 Å². The Morgan fingerprint density at radius 2 is 2.18 bits per heavy atom. The Hall–Kier alpha value is -1.03. The molecule has 4 heteroatoms. The lowest BCUT2D eigenvalue weighted by molar-refractivity contribution is -0.131. The SMILES string of the molecule is O=C(CNCC1CCC=CO1)N1CCCCC1. The number of hydrogen-bond acceptors (Lipinski definition) is 3. The van der Waals surface area contributed by atoms with Crippen LogP contribution >= 0.6 is 0 Å². The van der Waals surface area contributed by atoms with Gasteiger partial charge in [-0.1, -0.05) is 0 Å². The summed E-state index contributed by atoms with van der Waals surface area (Å²) in [7, 11) is 0. The van der Waals surface area contributed by atoms with Gasteiger partial charge in [0.05, 0.1) is 12.8 Å². The number of amides is 1. The van der Waals surface area contributed by atoms with Crippen molar-refractivity contribution in [2.24, 2.45) is 0 Å². The smallest absolute Gasteiger partial charge is 0.236 e. The topological polar surface area (TPSA) is 41.6 Å². The van der Waals surface area contributed by atoms with Crippen LogP contribution in [0.3, 0.4) is 0 Å². The number of nitrogens with zero attached hydrogens (tertiary/aromatic N) is 1. The molecule has 0 aromatic rings. The van der Waals surface area contributed by atoms with E-state index in [2.05, 4.69) is 5.32 Å². The predicted molar refractivity (Wildman–Crippen MR) is 66.5 cm³/mol. The molecule has 1 unspecified atom stereocenters. The van der Waals surface area contributed by atoms with E-state index >= 15 is 0 Å². The van der Waals surface area contributed by atoms with Crippen molar-refractivity contribution in [3.05, 3.63) is 12.3 Å². The normalized spacial score (nSPS) is 24.5. The highest BCUT2D eigenvalue weighted by Crippen LogP contribution is 2.10. The number of piperidine rings is 1. The molecule has 2 heterocycles. The number of nitrogens with one attached hydrogen (secondary N) is 1. The van der Waals surface area contributed by atoms with Crippen molar-refractivity contribution in [1.82, 2.24) is 10.2 Å². The lowest BCUT2D eigenvalue weighted by atomic mass is 10.1. The Balaban J connectivity index is 1.60. The van der Waals surface area contributed by atoms with Crippen LogP contribution < -0.4 is 5.32 Å². The zero-order valence-electron chi connectivity index (χ0n) is 10.4. The molecule has 2 aliphatic heterocycles. The van der Waals surface area contributed by atoms with Crippen molar-refractivity contribution in [2.45, 2.75) is 38.2 Å². The van der Waals surface area contributed by atoms with Crippen LogP contribution in [-0.4, -0.2) is 43.1 Å². The molecule has 96 valence electrons. The third kappa shape index (κ3) is 4.04. The van der Waals surface area contributed by atoms with Crippen molar-refractivity contribution in [3.63, 3.8) is 0 Å². The largest absolute Gasteiger partial charge is 0.497 e. The summed E-state index contributed by atoms with van der Waals surface area (Å²) >= 11 is 0. The van der Waals surface area contributed by atoms with Crippen molar-refractivity contribution in [2.75, 3.05) is 26.2 Å². The Morgan fingerprint density at radius 3 is 2.88 bits per heavy atom. The number of likely N-dealkylation sites (tertiary alicyclic amines) is 1. The van der Waals surface area contributed by atoms with Crippen LogP contribution in [0.1, 0.15) is 32.1 Å². The monoisotopic (exact) mass is 238 g/mol. The molecule has 1 amide bonds. The number of carbonyl (C=O) groups excluding carboxylic acids is 1. The quantitative estimate of drug-likeness (QED) is 0.802. The number of rotatable bonds is 4. The summed E-state index contributed by atoms with van der Waals surface area (Å²) in [6, 6.07) is 0. The molecular formula is C13H22N2O2. The number of ether oxygens (including phenoxy) is 1. The van der Waals surface area contributed by atoms with E-state index in [-0.39, 0.29) is 12.0 Å². The van der Waals surface area contributed by atoms with Crippen LogP contribution in [0, 0.1) is 0 Å². The van der Waals surface area contributed by atoms with Gasteiger partial charge in [-0.25, -0.2) is 0 Å². The van der Waals surface area contributed by atoms with Gasteiger partial charge in [0.1, 0.15) is 6.10 Å². The van der Waals surface area contributed by atoms with Crippen LogP contribution in [0.5, 0.6) is 0 Å². The average Bonchev–Trinajstić information content (AvgIpc) is 2.41. The van der Waals surface area contributed by atoms with Crippen molar-refractivity contribution in [1.29, 1.82) is 0 Å². The fraction of sp³-hybridized carbons (Fsp3) is 0.769. The van der Waals surface area contributed by atoms with E-state index in [9.17, 15) is 4.79 Å². The molecule has 1 N–H and O–H groups in total. The summed E-state index contributed by atoms with van der Waals surface area (Å²) in [5.41, 5.74) is 0. The van der Waals surface area contributed by atoms with E-state index in [0.717, 1.165) is 45.3 Å². The van der Waals surface area contributed by atoms with Crippen LogP contribution in [0.2, 0.25) is 0 Å². The number of carbonyl (C=O) groups is 1. The lowest BCUT2D eigenvalue weighted by Gasteiger charge is -2.27. The van der Waals surface area contributed by atoms with Gasteiger partial charge in [0.25, 0.3) is 0 Å². The molecule has 2 aliphatic rings. The van der Waals surface area contributed by atoms with Gasteiger partial charge in [0, 0.05) is 19.6 Å². The van der Waals surface area contributed by atoms with Gasteiger partial charge in [-0.05, 0) is 38.2 Å². The van der Waals surface area contributed by atoms with E-state index in [1.165, 1.54) is 6.42 Å². The van der Waals surface area contributed by atoms with Crippen molar-refractivity contribution in [3.8, 4) is 0 Å². The van der Waals surface area contributed by atoms with Gasteiger partial charge in [-0.2, -0.15) is 0 Å². The summed E-state index contributed by atoms with van der Waals surface area (Å²) in [4.78, 5) is 13.8. The Labute approximate surface area is 103 Å². The molecule has 1 saturated heterocycles. The molecule has 0 spiro atoms. The minimum Gasteiger partial charge on any atom is -0.497 e. The highest BCUT2D eigenvalue weighted by molar-refractivity contribution is 5.78. The van der Waals surface area contributed by atoms with E-state index in [1.54, 1.807) is 6.26 Å². The van der Waals surface area contributed by atoms with Gasteiger partial charge >= 0.3 is 0 Å². The number of allylic oxidation sites excluding steroid dienone is 1. The molecule has 2 rings (SSSR count). The fourth-order valence-electron chi connectivity index (χ4n) is 2.33. The van der Waals surface area contributed by atoms with Gasteiger partial charge in [0.2, 0.25) is 5.91 Å². The summed E-state index contributed by atoms with van der Waals surface area (Å²) in [6.45, 7) is 3.08. The summed E-state index contributed by atoms with van der Waals surface area (Å²) < 4.78 is 5.44. The second-order valence-corrected chi connectivity index (χ2v) is 4.78. The molecule has 0 bridgehead atoms. The molecule has 1 atom stereocenters. The third-order valence-corrected chi connectivity index (χ3v) is 3.38.